The van der Waals surface area contributed by atoms with Crippen molar-refractivity contribution in [1.29, 1.82) is 0 Å². The summed E-state index contributed by atoms with van der Waals surface area (Å²) in [6.07, 6.45) is 0. The number of nitrogens with one attached hydrogen (secondary N) is 1. The van der Waals surface area contributed by atoms with Gasteiger partial charge in [0.25, 0.3) is 0 Å². The molecule has 2 heteroatoms. The summed E-state index contributed by atoms with van der Waals surface area (Å²) in [5, 5.41) is 2.54. The van der Waals surface area contributed by atoms with Crippen molar-refractivity contribution in [3.63, 3.8) is 0 Å². The zero-order valence-corrected chi connectivity index (χ0v) is 14.4. The predicted molar refractivity (Wildman–Crippen MR) is 112 cm³/mol. The monoisotopic (exact) mass is 336 g/mol. The van der Waals surface area contributed by atoms with Crippen molar-refractivity contribution in [2.24, 2.45) is 0 Å². The van der Waals surface area contributed by atoms with E-state index in [0.29, 0.717) is 0 Å². The first kappa shape index (κ1) is 16.1. The molecule has 2 nitrogen and oxygen atoms in total. The Hall–Kier alpha value is -3.36. The SMILES string of the molecule is N.c1ccc(-c2ccc3[nH]c4ccc(-c5ccccc5)cc4c3c2)cc1. The topological polar surface area (TPSA) is 50.8 Å². The van der Waals surface area contributed by atoms with Crippen LogP contribution in [0.25, 0.3) is 44.1 Å². The molecule has 5 aromatic rings. The van der Waals surface area contributed by atoms with Crippen molar-refractivity contribution < 1.29 is 0 Å². The Morgan fingerprint density at radius 3 is 1.27 bits per heavy atom. The molecule has 26 heavy (non-hydrogen) atoms. The minimum absolute atomic E-state index is 0. The maximum atomic E-state index is 3.54. The van der Waals surface area contributed by atoms with Gasteiger partial charge in [0.15, 0.2) is 0 Å². The molecule has 4 aromatic carbocycles. The summed E-state index contributed by atoms with van der Waals surface area (Å²) < 4.78 is 0. The van der Waals surface area contributed by atoms with Gasteiger partial charge in [-0.3, -0.25) is 0 Å². The van der Waals surface area contributed by atoms with E-state index in [1.165, 1.54) is 44.1 Å². The number of hydrogen-bond donors (Lipinski definition) is 2. The van der Waals surface area contributed by atoms with E-state index in [-0.39, 0.29) is 6.15 Å². The highest BCUT2D eigenvalue weighted by atomic mass is 14.7. The van der Waals surface area contributed by atoms with E-state index in [4.69, 9.17) is 0 Å². The number of aromatic nitrogens is 1. The molecule has 1 heterocycles. The fraction of sp³-hybridized carbons (Fsp3) is 0. The van der Waals surface area contributed by atoms with Crippen molar-refractivity contribution in [2.45, 2.75) is 0 Å². The molecule has 0 spiro atoms. The van der Waals surface area contributed by atoms with Crippen LogP contribution in [0.4, 0.5) is 0 Å². The van der Waals surface area contributed by atoms with Gasteiger partial charge in [0, 0.05) is 21.8 Å². The van der Waals surface area contributed by atoms with Crippen LogP contribution < -0.4 is 6.15 Å². The smallest absolute Gasteiger partial charge is 0.0465 e. The van der Waals surface area contributed by atoms with E-state index in [2.05, 4.69) is 102 Å². The van der Waals surface area contributed by atoms with Gasteiger partial charge in [0.2, 0.25) is 0 Å². The molecular formula is C24H20N2. The molecule has 0 radical (unpaired) electrons. The first-order valence-corrected chi connectivity index (χ1v) is 8.55. The van der Waals surface area contributed by atoms with Crippen molar-refractivity contribution >= 4 is 21.8 Å². The van der Waals surface area contributed by atoms with Crippen LogP contribution >= 0.6 is 0 Å². The summed E-state index contributed by atoms with van der Waals surface area (Å²) in [6.45, 7) is 0. The number of fused-ring (bicyclic) bond motifs is 3. The summed E-state index contributed by atoms with van der Waals surface area (Å²) in [5.74, 6) is 0. The summed E-state index contributed by atoms with van der Waals surface area (Å²) >= 11 is 0. The molecule has 0 aliphatic heterocycles. The highest BCUT2D eigenvalue weighted by Crippen LogP contribution is 2.32. The van der Waals surface area contributed by atoms with Gasteiger partial charge in [-0.2, -0.15) is 0 Å². The Morgan fingerprint density at radius 1 is 0.423 bits per heavy atom. The average Bonchev–Trinajstić information content (AvgIpc) is 3.06. The lowest BCUT2D eigenvalue weighted by Crippen LogP contribution is -1.78. The van der Waals surface area contributed by atoms with Crippen LogP contribution in [0, 0.1) is 0 Å². The fourth-order valence-electron chi connectivity index (χ4n) is 3.52. The Balaban J connectivity index is 0.00000168. The van der Waals surface area contributed by atoms with Gasteiger partial charge < -0.3 is 11.1 Å². The molecule has 0 fully saturated rings. The summed E-state index contributed by atoms with van der Waals surface area (Å²) in [4.78, 5) is 3.54. The minimum Gasteiger partial charge on any atom is -0.355 e. The maximum Gasteiger partial charge on any atom is 0.0465 e. The molecule has 0 atom stereocenters. The second kappa shape index (κ2) is 6.51. The zero-order valence-electron chi connectivity index (χ0n) is 14.4. The molecule has 0 amide bonds. The number of H-pyrrole nitrogens is 1. The molecule has 0 saturated heterocycles. The molecule has 126 valence electrons. The third-order valence-electron chi connectivity index (χ3n) is 4.81. The predicted octanol–water partition coefficient (Wildman–Crippen LogP) is 6.82. The molecule has 0 aliphatic carbocycles. The van der Waals surface area contributed by atoms with Gasteiger partial charge in [-0.25, -0.2) is 0 Å². The summed E-state index contributed by atoms with van der Waals surface area (Å²) in [7, 11) is 0. The lowest BCUT2D eigenvalue weighted by Gasteiger charge is -2.03. The quantitative estimate of drug-likeness (QED) is 0.365. The highest BCUT2D eigenvalue weighted by Gasteiger charge is 2.08. The van der Waals surface area contributed by atoms with Crippen LogP contribution in [-0.2, 0) is 0 Å². The molecule has 0 unspecified atom stereocenters. The number of hydrogen-bond acceptors (Lipinski definition) is 1. The largest absolute Gasteiger partial charge is 0.355 e. The van der Waals surface area contributed by atoms with Gasteiger partial charge in [-0.15, -0.1) is 0 Å². The van der Waals surface area contributed by atoms with E-state index in [1.54, 1.807) is 0 Å². The minimum atomic E-state index is 0. The van der Waals surface area contributed by atoms with Gasteiger partial charge >= 0.3 is 0 Å². The molecule has 0 bridgehead atoms. The van der Waals surface area contributed by atoms with Crippen LogP contribution in [0.5, 0.6) is 0 Å². The normalized spacial score (nSPS) is 10.8. The fourth-order valence-corrected chi connectivity index (χ4v) is 3.52. The standard InChI is InChI=1S/C24H17N.H3N/c1-3-7-17(8-4-1)19-11-13-23-21(15-19)22-16-20(12-14-24(22)25-23)18-9-5-2-6-10-18;/h1-16,25H;1H3. The lowest BCUT2D eigenvalue weighted by molar-refractivity contribution is 1.54. The van der Waals surface area contributed by atoms with Crippen molar-refractivity contribution in [2.75, 3.05) is 0 Å². The van der Waals surface area contributed by atoms with Gasteiger partial charge in [-0.05, 0) is 46.5 Å². The van der Waals surface area contributed by atoms with Gasteiger partial charge in [0.05, 0.1) is 0 Å². The van der Waals surface area contributed by atoms with E-state index in [1.807, 2.05) is 0 Å². The second-order valence-electron chi connectivity index (χ2n) is 6.38. The van der Waals surface area contributed by atoms with Crippen LogP contribution in [-0.4, -0.2) is 4.98 Å². The van der Waals surface area contributed by atoms with Gasteiger partial charge in [0.1, 0.15) is 0 Å². The van der Waals surface area contributed by atoms with Crippen LogP contribution in [0.2, 0.25) is 0 Å². The molecule has 0 aliphatic rings. The first-order chi connectivity index (χ1) is 12.4. The Morgan fingerprint density at radius 2 is 0.846 bits per heavy atom. The summed E-state index contributed by atoms with van der Waals surface area (Å²) in [6, 6.07) is 34.4. The Labute approximate surface area is 152 Å². The third kappa shape index (κ3) is 2.67. The van der Waals surface area contributed by atoms with Crippen molar-refractivity contribution in [3.05, 3.63) is 97.1 Å². The van der Waals surface area contributed by atoms with Crippen LogP contribution in [0.15, 0.2) is 97.1 Å². The highest BCUT2D eigenvalue weighted by molar-refractivity contribution is 6.09. The number of rotatable bonds is 2. The molecule has 0 saturated carbocycles. The second-order valence-corrected chi connectivity index (χ2v) is 6.38. The Kier molecular flexibility index (Phi) is 4.04. The maximum absolute atomic E-state index is 3.54. The molecular weight excluding hydrogens is 316 g/mol. The van der Waals surface area contributed by atoms with Crippen LogP contribution in [0.1, 0.15) is 0 Å². The van der Waals surface area contributed by atoms with Gasteiger partial charge in [-0.1, -0.05) is 72.8 Å². The molecule has 1 aromatic heterocycles. The third-order valence-corrected chi connectivity index (χ3v) is 4.81. The summed E-state index contributed by atoms with van der Waals surface area (Å²) in [5.41, 5.74) is 7.36. The Bertz CT molecular complexity index is 1080. The molecule has 5 rings (SSSR count). The number of aromatic amines is 1. The first-order valence-electron chi connectivity index (χ1n) is 8.55. The van der Waals surface area contributed by atoms with E-state index < -0.39 is 0 Å². The average molecular weight is 336 g/mol. The van der Waals surface area contributed by atoms with Crippen molar-refractivity contribution in [1.82, 2.24) is 11.1 Å². The lowest BCUT2D eigenvalue weighted by atomic mass is 10.0. The van der Waals surface area contributed by atoms with E-state index in [9.17, 15) is 0 Å². The van der Waals surface area contributed by atoms with Crippen molar-refractivity contribution in [3.8, 4) is 22.3 Å². The van der Waals surface area contributed by atoms with E-state index >= 15 is 0 Å². The van der Waals surface area contributed by atoms with E-state index in [0.717, 1.165) is 0 Å². The molecule has 4 N–H and O–H groups in total. The van der Waals surface area contributed by atoms with Crippen LogP contribution in [0.3, 0.4) is 0 Å². The zero-order chi connectivity index (χ0) is 16.6. The number of benzene rings is 4.